The number of piperazine rings is 1. The van der Waals surface area contributed by atoms with Gasteiger partial charge in [0.15, 0.2) is 5.96 Å². The summed E-state index contributed by atoms with van der Waals surface area (Å²) in [6, 6.07) is -0.0159. The number of likely N-dealkylation sites (tertiary alicyclic amines) is 1. The Balaban J connectivity index is 1.76. The van der Waals surface area contributed by atoms with Crippen molar-refractivity contribution in [1.82, 2.24) is 20.0 Å². The maximum atomic E-state index is 12.7. The van der Waals surface area contributed by atoms with Gasteiger partial charge in [-0.1, -0.05) is 13.8 Å². The molecular weight excluding hydrogens is 354 g/mol. The van der Waals surface area contributed by atoms with Gasteiger partial charge in [0.05, 0.1) is 6.04 Å². The van der Waals surface area contributed by atoms with Gasteiger partial charge in [-0.15, -0.1) is 0 Å². The normalized spacial score (nSPS) is 20.1. The fraction of sp³-hybridized carbons (Fsp3) is 0.905. The summed E-state index contributed by atoms with van der Waals surface area (Å²) in [5.74, 6) is 1.87. The fourth-order valence-electron chi connectivity index (χ4n) is 3.78. The summed E-state index contributed by atoms with van der Waals surface area (Å²) in [5, 5.41) is 3.41. The quantitative estimate of drug-likeness (QED) is 0.365. The Hall–Kier alpha value is -1.34. The van der Waals surface area contributed by atoms with Crippen LogP contribution in [0.1, 0.15) is 47.0 Å². The SMILES string of the molecule is CCNC(=NCCCOCC(C)C)N1CCN(C(C)C(=O)N2CCCC2)CC1. The molecule has 2 saturated heterocycles. The summed E-state index contributed by atoms with van der Waals surface area (Å²) in [5.41, 5.74) is 0. The first-order chi connectivity index (χ1) is 13.5. The van der Waals surface area contributed by atoms with E-state index in [2.05, 4.69) is 42.8 Å². The summed E-state index contributed by atoms with van der Waals surface area (Å²) < 4.78 is 5.64. The van der Waals surface area contributed by atoms with Crippen LogP contribution in [0.2, 0.25) is 0 Å². The Morgan fingerprint density at radius 2 is 1.71 bits per heavy atom. The first kappa shape index (κ1) is 22.9. The Kier molecular flexibility index (Phi) is 10.1. The standard InChI is InChI=1S/C21H41N5O2/c1-5-22-21(23-9-8-16-28-17-18(2)3)26-14-12-24(13-15-26)19(4)20(27)25-10-6-7-11-25/h18-19H,5-17H2,1-4H3,(H,22,23). The Bertz CT molecular complexity index is 483. The van der Waals surface area contributed by atoms with Gasteiger partial charge in [0.1, 0.15) is 0 Å². The molecule has 0 aliphatic carbocycles. The maximum absolute atomic E-state index is 12.7. The highest BCUT2D eigenvalue weighted by molar-refractivity contribution is 5.82. The average Bonchev–Trinajstić information content (AvgIpc) is 3.23. The van der Waals surface area contributed by atoms with E-state index < -0.39 is 0 Å². The number of hydrogen-bond donors (Lipinski definition) is 1. The van der Waals surface area contributed by atoms with Gasteiger partial charge in [-0.2, -0.15) is 0 Å². The highest BCUT2D eigenvalue weighted by Crippen LogP contribution is 2.14. The second kappa shape index (κ2) is 12.3. The third-order valence-electron chi connectivity index (χ3n) is 5.43. The molecule has 0 bridgehead atoms. The van der Waals surface area contributed by atoms with Crippen molar-refractivity contribution < 1.29 is 9.53 Å². The molecule has 1 unspecified atom stereocenters. The fourth-order valence-corrected chi connectivity index (χ4v) is 3.78. The van der Waals surface area contributed by atoms with Gasteiger partial charge in [0.2, 0.25) is 5.91 Å². The van der Waals surface area contributed by atoms with Gasteiger partial charge >= 0.3 is 0 Å². The largest absolute Gasteiger partial charge is 0.381 e. The van der Waals surface area contributed by atoms with Crippen molar-refractivity contribution in [2.75, 3.05) is 65.6 Å². The van der Waals surface area contributed by atoms with Crippen LogP contribution >= 0.6 is 0 Å². The molecule has 2 fully saturated rings. The van der Waals surface area contributed by atoms with E-state index in [1.807, 2.05) is 4.90 Å². The number of aliphatic imine (C=N–C) groups is 1. The van der Waals surface area contributed by atoms with Gasteiger partial charge in [-0.3, -0.25) is 14.7 Å². The predicted octanol–water partition coefficient (Wildman–Crippen LogP) is 1.64. The number of carbonyl (C=O) groups excluding carboxylic acids is 1. The smallest absolute Gasteiger partial charge is 0.239 e. The van der Waals surface area contributed by atoms with E-state index in [4.69, 9.17) is 9.73 Å². The molecule has 7 nitrogen and oxygen atoms in total. The number of amides is 1. The zero-order valence-electron chi connectivity index (χ0n) is 18.5. The van der Waals surface area contributed by atoms with Crippen LogP contribution in [-0.4, -0.2) is 98.2 Å². The molecule has 1 atom stereocenters. The number of carbonyl (C=O) groups is 1. The van der Waals surface area contributed by atoms with Crippen molar-refractivity contribution in [3.63, 3.8) is 0 Å². The molecule has 1 N–H and O–H groups in total. The number of guanidine groups is 1. The minimum Gasteiger partial charge on any atom is -0.381 e. The monoisotopic (exact) mass is 395 g/mol. The first-order valence-corrected chi connectivity index (χ1v) is 11.2. The van der Waals surface area contributed by atoms with Crippen molar-refractivity contribution in [2.45, 2.75) is 53.0 Å². The summed E-state index contributed by atoms with van der Waals surface area (Å²) in [6.07, 6.45) is 3.25. The van der Waals surface area contributed by atoms with E-state index in [1.54, 1.807) is 0 Å². The van der Waals surface area contributed by atoms with Gasteiger partial charge < -0.3 is 19.9 Å². The van der Waals surface area contributed by atoms with Crippen LogP contribution in [0.15, 0.2) is 4.99 Å². The van der Waals surface area contributed by atoms with Crippen LogP contribution in [0.4, 0.5) is 0 Å². The summed E-state index contributed by atoms with van der Waals surface area (Å²) in [6.45, 7) is 17.2. The lowest BCUT2D eigenvalue weighted by molar-refractivity contribution is -0.135. The zero-order valence-corrected chi connectivity index (χ0v) is 18.5. The van der Waals surface area contributed by atoms with Crippen molar-refractivity contribution >= 4 is 11.9 Å². The third kappa shape index (κ3) is 7.24. The second-order valence-electron chi connectivity index (χ2n) is 8.29. The van der Waals surface area contributed by atoms with Crippen LogP contribution < -0.4 is 5.32 Å². The lowest BCUT2D eigenvalue weighted by Crippen LogP contribution is -2.57. The molecule has 2 heterocycles. The average molecular weight is 396 g/mol. The van der Waals surface area contributed by atoms with Crippen LogP contribution in [0.3, 0.4) is 0 Å². The predicted molar refractivity (Wildman–Crippen MR) is 115 cm³/mol. The van der Waals surface area contributed by atoms with Crippen LogP contribution in [0.5, 0.6) is 0 Å². The molecule has 2 aliphatic heterocycles. The molecule has 0 saturated carbocycles. The highest BCUT2D eigenvalue weighted by atomic mass is 16.5. The lowest BCUT2D eigenvalue weighted by Gasteiger charge is -2.39. The zero-order chi connectivity index (χ0) is 20.4. The highest BCUT2D eigenvalue weighted by Gasteiger charge is 2.30. The molecule has 0 aromatic heterocycles. The topological polar surface area (TPSA) is 60.4 Å². The molecule has 0 aromatic rings. The number of hydrogen-bond acceptors (Lipinski definition) is 4. The minimum absolute atomic E-state index is 0.0159. The lowest BCUT2D eigenvalue weighted by atomic mass is 10.2. The molecule has 7 heteroatoms. The van der Waals surface area contributed by atoms with E-state index in [0.717, 1.165) is 90.8 Å². The molecule has 2 aliphatic rings. The van der Waals surface area contributed by atoms with Crippen LogP contribution in [0, 0.1) is 5.92 Å². The number of nitrogens with one attached hydrogen (secondary N) is 1. The molecule has 162 valence electrons. The van der Waals surface area contributed by atoms with E-state index in [0.29, 0.717) is 11.8 Å². The van der Waals surface area contributed by atoms with Crippen molar-refractivity contribution in [1.29, 1.82) is 0 Å². The Morgan fingerprint density at radius 1 is 1.04 bits per heavy atom. The number of ether oxygens (including phenoxy) is 1. The molecular formula is C21H41N5O2. The van der Waals surface area contributed by atoms with Crippen molar-refractivity contribution in [3.05, 3.63) is 0 Å². The maximum Gasteiger partial charge on any atom is 0.239 e. The van der Waals surface area contributed by atoms with E-state index in [9.17, 15) is 4.79 Å². The van der Waals surface area contributed by atoms with Crippen LogP contribution in [0.25, 0.3) is 0 Å². The number of nitrogens with zero attached hydrogens (tertiary/aromatic N) is 4. The molecule has 0 spiro atoms. The molecule has 28 heavy (non-hydrogen) atoms. The summed E-state index contributed by atoms with van der Waals surface area (Å²) >= 11 is 0. The van der Waals surface area contributed by atoms with Crippen molar-refractivity contribution in [3.8, 4) is 0 Å². The first-order valence-electron chi connectivity index (χ1n) is 11.2. The third-order valence-corrected chi connectivity index (χ3v) is 5.43. The van der Waals surface area contributed by atoms with Gasteiger partial charge in [0.25, 0.3) is 0 Å². The van der Waals surface area contributed by atoms with E-state index in [-0.39, 0.29) is 6.04 Å². The Labute approximate surface area is 171 Å². The van der Waals surface area contributed by atoms with Gasteiger partial charge in [-0.05, 0) is 39.0 Å². The molecule has 0 radical (unpaired) electrons. The summed E-state index contributed by atoms with van der Waals surface area (Å²) in [7, 11) is 0. The molecule has 1 amide bonds. The minimum atomic E-state index is -0.0159. The Morgan fingerprint density at radius 3 is 2.32 bits per heavy atom. The van der Waals surface area contributed by atoms with E-state index in [1.165, 1.54) is 0 Å². The molecule has 0 aromatic carbocycles. The molecule has 2 rings (SSSR count). The van der Waals surface area contributed by atoms with Gasteiger partial charge in [0, 0.05) is 65.6 Å². The van der Waals surface area contributed by atoms with E-state index >= 15 is 0 Å². The van der Waals surface area contributed by atoms with Gasteiger partial charge in [-0.25, -0.2) is 0 Å². The van der Waals surface area contributed by atoms with Crippen molar-refractivity contribution in [2.24, 2.45) is 10.9 Å². The number of rotatable bonds is 9. The second-order valence-corrected chi connectivity index (χ2v) is 8.29. The van der Waals surface area contributed by atoms with Crippen LogP contribution in [-0.2, 0) is 9.53 Å². The summed E-state index contributed by atoms with van der Waals surface area (Å²) in [4.78, 5) is 24.1.